The fourth-order valence-electron chi connectivity index (χ4n) is 0.553. The highest BCUT2D eigenvalue weighted by Gasteiger charge is 2.01. The Labute approximate surface area is 57.2 Å². The molecule has 0 aliphatic carbocycles. The molecule has 0 N–H and O–H groups in total. The maximum atomic E-state index is 11.5. The Bertz CT molecular complexity index is 186. The number of rotatable bonds is 2. The van der Waals surface area contributed by atoms with E-state index in [9.17, 15) is 8.78 Å². The van der Waals surface area contributed by atoms with Gasteiger partial charge in [-0.15, -0.1) is 0 Å². The molecule has 0 aromatic heterocycles. The normalized spacial score (nSPS) is 9.90. The van der Waals surface area contributed by atoms with Crippen molar-refractivity contribution in [2.45, 2.75) is 6.61 Å². The predicted molar refractivity (Wildman–Crippen MR) is 31.9 cm³/mol. The van der Waals surface area contributed by atoms with Crippen molar-refractivity contribution in [1.82, 2.24) is 0 Å². The van der Waals surface area contributed by atoms with Gasteiger partial charge in [-0.2, -0.15) is 8.78 Å². The molecule has 0 amide bonds. The van der Waals surface area contributed by atoms with Crippen molar-refractivity contribution in [1.29, 1.82) is 0 Å². The summed E-state index contributed by atoms with van der Waals surface area (Å²) in [6, 6.07) is 8.60. The van der Waals surface area contributed by atoms with Crippen LogP contribution in [-0.2, 0) is 0 Å². The Balaban J connectivity index is 2.59. The molecule has 1 nitrogen and oxygen atoms in total. The lowest BCUT2D eigenvalue weighted by Crippen LogP contribution is -2.01. The van der Waals surface area contributed by atoms with Crippen LogP contribution < -0.4 is 4.74 Å². The van der Waals surface area contributed by atoms with Gasteiger partial charge in [0, 0.05) is 0 Å². The zero-order chi connectivity index (χ0) is 7.40. The summed E-state index contributed by atoms with van der Waals surface area (Å²) in [5.74, 6) is 0.137. The fourth-order valence-corrected chi connectivity index (χ4v) is 0.553. The van der Waals surface area contributed by atoms with Crippen LogP contribution in [0.4, 0.5) is 8.78 Å². The summed E-state index contributed by atoms with van der Waals surface area (Å²) in [5.41, 5.74) is 0. The molecule has 53 valence electrons. The summed E-state index contributed by atoms with van der Waals surface area (Å²) in [6.07, 6.45) is 0. The minimum absolute atomic E-state index is 0.137. The maximum absolute atomic E-state index is 11.5. The van der Waals surface area contributed by atoms with E-state index in [1.54, 1.807) is 12.1 Å². The first-order chi connectivity index (χ1) is 4.79. The van der Waals surface area contributed by atoms with Crippen LogP contribution in [0, 0.1) is 6.07 Å². The minimum atomic E-state index is -2.75. The molecular weight excluding hydrogens is 138 g/mol. The molecule has 1 aromatic rings. The molecular formula is C7H5F2O. The average molecular weight is 143 g/mol. The van der Waals surface area contributed by atoms with Gasteiger partial charge < -0.3 is 4.74 Å². The van der Waals surface area contributed by atoms with Crippen LogP contribution in [0.25, 0.3) is 0 Å². The minimum Gasteiger partial charge on any atom is -0.435 e. The van der Waals surface area contributed by atoms with E-state index in [1.165, 1.54) is 12.1 Å². The molecule has 0 atom stereocenters. The van der Waals surface area contributed by atoms with Gasteiger partial charge in [-0.05, 0) is 18.2 Å². The maximum Gasteiger partial charge on any atom is 0.387 e. The standard InChI is InChI=1S/C7H5F2O/c8-7(9)10-6-4-2-1-3-5-6/h1-2,4-5,7H. The Morgan fingerprint density at radius 2 is 2.30 bits per heavy atom. The molecule has 0 bridgehead atoms. The van der Waals surface area contributed by atoms with Crippen molar-refractivity contribution in [3.63, 3.8) is 0 Å². The highest BCUT2D eigenvalue weighted by molar-refractivity contribution is 5.19. The lowest BCUT2D eigenvalue weighted by Gasteiger charge is -2.01. The van der Waals surface area contributed by atoms with E-state index in [2.05, 4.69) is 10.8 Å². The fraction of sp³-hybridized carbons (Fsp3) is 0.143. The van der Waals surface area contributed by atoms with Crippen molar-refractivity contribution < 1.29 is 13.5 Å². The third kappa shape index (κ3) is 2.01. The summed E-state index contributed by atoms with van der Waals surface area (Å²) in [5, 5.41) is 0. The van der Waals surface area contributed by atoms with Crippen LogP contribution in [0.15, 0.2) is 24.3 Å². The lowest BCUT2D eigenvalue weighted by molar-refractivity contribution is -0.0498. The van der Waals surface area contributed by atoms with Gasteiger partial charge in [0.2, 0.25) is 0 Å². The number of alkyl halides is 2. The van der Waals surface area contributed by atoms with Crippen molar-refractivity contribution in [3.8, 4) is 5.75 Å². The highest BCUT2D eigenvalue weighted by atomic mass is 19.3. The molecule has 0 saturated heterocycles. The molecule has 0 aliphatic heterocycles. The number of hydrogen-bond acceptors (Lipinski definition) is 1. The molecule has 0 aliphatic rings. The second-order valence-corrected chi connectivity index (χ2v) is 1.62. The van der Waals surface area contributed by atoms with Gasteiger partial charge in [0.15, 0.2) is 0 Å². The topological polar surface area (TPSA) is 9.23 Å². The number of hydrogen-bond donors (Lipinski definition) is 0. The first-order valence-corrected chi connectivity index (χ1v) is 2.70. The molecule has 1 aromatic carbocycles. The van der Waals surface area contributed by atoms with Crippen LogP contribution in [0.2, 0.25) is 0 Å². The van der Waals surface area contributed by atoms with Crippen LogP contribution in [0.3, 0.4) is 0 Å². The molecule has 1 radical (unpaired) electrons. The predicted octanol–water partition coefficient (Wildman–Crippen LogP) is 2.09. The Morgan fingerprint density at radius 1 is 1.50 bits per heavy atom. The molecule has 0 heterocycles. The molecule has 1 rings (SSSR count). The second-order valence-electron chi connectivity index (χ2n) is 1.62. The monoisotopic (exact) mass is 143 g/mol. The van der Waals surface area contributed by atoms with E-state index in [0.717, 1.165) is 0 Å². The molecule has 0 unspecified atom stereocenters. The van der Waals surface area contributed by atoms with E-state index >= 15 is 0 Å². The zero-order valence-electron chi connectivity index (χ0n) is 5.05. The third-order valence-corrected chi connectivity index (χ3v) is 0.904. The van der Waals surface area contributed by atoms with Crippen LogP contribution >= 0.6 is 0 Å². The summed E-state index contributed by atoms with van der Waals surface area (Å²) < 4.78 is 27.0. The summed E-state index contributed by atoms with van der Waals surface area (Å²) in [4.78, 5) is 0. The average Bonchev–Trinajstić information content (AvgIpc) is 1.88. The van der Waals surface area contributed by atoms with Crippen molar-refractivity contribution in [2.24, 2.45) is 0 Å². The first-order valence-electron chi connectivity index (χ1n) is 2.70. The number of benzene rings is 1. The largest absolute Gasteiger partial charge is 0.435 e. The van der Waals surface area contributed by atoms with Gasteiger partial charge in [0.05, 0.1) is 0 Å². The van der Waals surface area contributed by atoms with Gasteiger partial charge in [-0.25, -0.2) is 0 Å². The Hall–Kier alpha value is -1.12. The van der Waals surface area contributed by atoms with Gasteiger partial charge in [-0.1, -0.05) is 12.1 Å². The van der Waals surface area contributed by atoms with Crippen molar-refractivity contribution in [2.75, 3.05) is 0 Å². The van der Waals surface area contributed by atoms with Crippen LogP contribution in [0.5, 0.6) is 5.75 Å². The zero-order valence-corrected chi connectivity index (χ0v) is 5.05. The number of halogens is 2. The quantitative estimate of drug-likeness (QED) is 0.615. The van der Waals surface area contributed by atoms with Gasteiger partial charge in [0.1, 0.15) is 5.75 Å². The molecule has 0 saturated carbocycles. The Kier molecular flexibility index (Phi) is 2.20. The molecule has 3 heteroatoms. The highest BCUT2D eigenvalue weighted by Crippen LogP contribution is 2.10. The molecule has 0 fully saturated rings. The van der Waals surface area contributed by atoms with E-state index in [0.29, 0.717) is 0 Å². The lowest BCUT2D eigenvalue weighted by atomic mass is 10.3. The van der Waals surface area contributed by atoms with Gasteiger partial charge >= 0.3 is 6.61 Å². The second kappa shape index (κ2) is 3.15. The summed E-state index contributed by atoms with van der Waals surface area (Å²) >= 11 is 0. The van der Waals surface area contributed by atoms with E-state index in [-0.39, 0.29) is 5.75 Å². The smallest absolute Gasteiger partial charge is 0.387 e. The Morgan fingerprint density at radius 3 is 2.80 bits per heavy atom. The van der Waals surface area contributed by atoms with Crippen LogP contribution in [-0.4, -0.2) is 6.61 Å². The third-order valence-electron chi connectivity index (χ3n) is 0.904. The summed E-state index contributed by atoms with van der Waals surface area (Å²) in [6.45, 7) is -2.75. The van der Waals surface area contributed by atoms with Crippen molar-refractivity contribution >= 4 is 0 Å². The number of ether oxygens (including phenoxy) is 1. The van der Waals surface area contributed by atoms with Crippen LogP contribution in [0.1, 0.15) is 0 Å². The molecule has 0 spiro atoms. The van der Waals surface area contributed by atoms with E-state index in [1.807, 2.05) is 0 Å². The molecule has 10 heavy (non-hydrogen) atoms. The van der Waals surface area contributed by atoms with E-state index in [4.69, 9.17) is 0 Å². The SMILES string of the molecule is FC(F)Oc1c[c]ccc1. The first kappa shape index (κ1) is 6.99. The van der Waals surface area contributed by atoms with E-state index < -0.39 is 6.61 Å². The summed E-state index contributed by atoms with van der Waals surface area (Å²) in [7, 11) is 0. The van der Waals surface area contributed by atoms with Gasteiger partial charge in [0.25, 0.3) is 0 Å². The van der Waals surface area contributed by atoms with Crippen molar-refractivity contribution in [3.05, 3.63) is 30.3 Å². The van der Waals surface area contributed by atoms with Gasteiger partial charge in [-0.3, -0.25) is 0 Å².